The molecule has 3 heterocycles. The molecule has 2 aliphatic heterocycles. The number of carbonyl (C=O) groups is 1. The summed E-state index contributed by atoms with van der Waals surface area (Å²) in [4.78, 5) is 17.9. The standard InChI is InChI=1S/C30H34FN3O5.C2H6/c31-34(29(35)20-38-28-5-4-14-32-26(28)19-33-15-2-1-3-16-33)18-25-12-10-24-17-23(11-13-27(24)39-25)21-6-8-22(9-7-21)30(36)37;1-2/h4-9,11,13-14,17,25,29,35H,1-3,10,12,15-16,18-20H2,(H,36,37);1-2H3. The minimum absolute atomic E-state index is 0.0873. The van der Waals surface area contributed by atoms with Gasteiger partial charge in [0.05, 0.1) is 17.8 Å². The number of rotatable bonds is 10. The largest absolute Gasteiger partial charge is 0.489 e. The van der Waals surface area contributed by atoms with Crippen LogP contribution in [0.1, 0.15) is 61.1 Å². The topological polar surface area (TPSA) is 95.4 Å². The van der Waals surface area contributed by atoms with Gasteiger partial charge in [0, 0.05) is 12.7 Å². The van der Waals surface area contributed by atoms with Crippen LogP contribution in [0, 0.1) is 0 Å². The van der Waals surface area contributed by atoms with Crippen molar-refractivity contribution in [1.29, 1.82) is 0 Å². The number of piperidine rings is 1. The second kappa shape index (κ2) is 14.9. The minimum atomic E-state index is -1.44. The number of carboxylic acid groups (broad SMARTS) is 1. The third-order valence-corrected chi connectivity index (χ3v) is 7.31. The van der Waals surface area contributed by atoms with Gasteiger partial charge >= 0.3 is 5.97 Å². The number of likely N-dealkylation sites (tertiary alicyclic amines) is 1. The molecule has 41 heavy (non-hydrogen) atoms. The number of fused-ring (bicyclic) bond motifs is 1. The van der Waals surface area contributed by atoms with Gasteiger partial charge in [0.25, 0.3) is 0 Å². The monoisotopic (exact) mass is 565 g/mol. The zero-order chi connectivity index (χ0) is 29.2. The lowest BCUT2D eigenvalue weighted by Crippen LogP contribution is -2.41. The molecule has 0 spiro atoms. The van der Waals surface area contributed by atoms with Crippen LogP contribution in [0.25, 0.3) is 11.1 Å². The fraction of sp³-hybridized carbons (Fsp3) is 0.438. The van der Waals surface area contributed by atoms with Crippen molar-refractivity contribution < 1.29 is 29.0 Å². The molecule has 0 amide bonds. The molecule has 2 atom stereocenters. The Bertz CT molecular complexity index is 1270. The second-order valence-electron chi connectivity index (χ2n) is 10.1. The quantitative estimate of drug-likeness (QED) is 0.238. The van der Waals surface area contributed by atoms with E-state index in [1.54, 1.807) is 42.6 Å². The number of carboxylic acids is 1. The molecule has 9 heteroatoms. The Balaban J connectivity index is 0.00000189. The predicted octanol–water partition coefficient (Wildman–Crippen LogP) is 5.74. The first-order valence-electron chi connectivity index (χ1n) is 14.5. The third kappa shape index (κ3) is 8.25. The van der Waals surface area contributed by atoms with E-state index in [1.807, 2.05) is 32.0 Å². The Labute approximate surface area is 241 Å². The van der Waals surface area contributed by atoms with E-state index >= 15 is 0 Å². The van der Waals surface area contributed by atoms with Gasteiger partial charge in [0.15, 0.2) is 6.23 Å². The summed E-state index contributed by atoms with van der Waals surface area (Å²) in [7, 11) is 0. The van der Waals surface area contributed by atoms with Crippen molar-refractivity contribution in [3.05, 3.63) is 77.6 Å². The number of aliphatic hydroxyl groups is 1. The second-order valence-corrected chi connectivity index (χ2v) is 10.1. The van der Waals surface area contributed by atoms with Crippen molar-refractivity contribution in [3.8, 4) is 22.6 Å². The summed E-state index contributed by atoms with van der Waals surface area (Å²) in [5.74, 6) is 0.292. The van der Waals surface area contributed by atoms with Crippen molar-refractivity contribution in [1.82, 2.24) is 15.0 Å². The number of aromatic carboxylic acids is 1. The number of hydrogen-bond acceptors (Lipinski definition) is 7. The van der Waals surface area contributed by atoms with Gasteiger partial charge in [-0.2, -0.15) is 0 Å². The van der Waals surface area contributed by atoms with Gasteiger partial charge in [-0.3, -0.25) is 9.88 Å². The van der Waals surface area contributed by atoms with E-state index < -0.39 is 18.3 Å². The molecule has 220 valence electrons. The first-order valence-corrected chi connectivity index (χ1v) is 14.5. The van der Waals surface area contributed by atoms with Crippen LogP contribution in [-0.2, 0) is 13.0 Å². The summed E-state index contributed by atoms with van der Waals surface area (Å²) in [6.07, 6.45) is 4.79. The van der Waals surface area contributed by atoms with Gasteiger partial charge < -0.3 is 19.7 Å². The average molecular weight is 566 g/mol. The molecule has 1 aromatic heterocycles. The van der Waals surface area contributed by atoms with Crippen LogP contribution >= 0.6 is 0 Å². The molecule has 0 bridgehead atoms. The number of aromatic nitrogens is 1. The molecule has 8 nitrogen and oxygen atoms in total. The maximum Gasteiger partial charge on any atom is 0.335 e. The van der Waals surface area contributed by atoms with Crippen LogP contribution in [0.15, 0.2) is 60.8 Å². The maximum atomic E-state index is 14.9. The normalized spacial score (nSPS) is 17.5. The number of nitrogens with zero attached hydrogens (tertiary/aromatic N) is 3. The predicted molar refractivity (Wildman–Crippen MR) is 156 cm³/mol. The van der Waals surface area contributed by atoms with Crippen LogP contribution in [0.5, 0.6) is 11.5 Å². The van der Waals surface area contributed by atoms with E-state index in [9.17, 15) is 14.4 Å². The molecule has 2 aromatic carbocycles. The highest BCUT2D eigenvalue weighted by atomic mass is 19.2. The summed E-state index contributed by atoms with van der Waals surface area (Å²) >= 11 is 0. The van der Waals surface area contributed by atoms with Crippen molar-refractivity contribution >= 4 is 5.97 Å². The molecule has 2 aliphatic rings. The first-order chi connectivity index (χ1) is 20.0. The molecular weight excluding hydrogens is 525 g/mol. The molecule has 0 aliphatic carbocycles. The maximum absolute atomic E-state index is 14.9. The molecule has 1 saturated heterocycles. The molecule has 2 N–H and O–H groups in total. The van der Waals surface area contributed by atoms with E-state index in [-0.39, 0.29) is 18.7 Å². The third-order valence-electron chi connectivity index (χ3n) is 7.31. The molecule has 0 saturated carbocycles. The van der Waals surface area contributed by atoms with Crippen LogP contribution in [-0.4, -0.2) is 69.8 Å². The lowest BCUT2D eigenvalue weighted by atomic mass is 9.96. The van der Waals surface area contributed by atoms with Crippen LogP contribution in [0.4, 0.5) is 4.48 Å². The fourth-order valence-electron chi connectivity index (χ4n) is 5.12. The Morgan fingerprint density at radius 3 is 2.59 bits per heavy atom. The van der Waals surface area contributed by atoms with Gasteiger partial charge in [-0.05, 0) is 91.9 Å². The van der Waals surface area contributed by atoms with Crippen molar-refractivity contribution in [2.45, 2.75) is 64.8 Å². The summed E-state index contributed by atoms with van der Waals surface area (Å²) in [6, 6.07) is 16.1. The van der Waals surface area contributed by atoms with Gasteiger partial charge in [0.2, 0.25) is 0 Å². The highest BCUT2D eigenvalue weighted by Gasteiger charge is 2.26. The van der Waals surface area contributed by atoms with E-state index in [0.29, 0.717) is 36.0 Å². The van der Waals surface area contributed by atoms with Crippen molar-refractivity contribution in [2.75, 3.05) is 26.2 Å². The first kappa shape index (κ1) is 30.4. The molecule has 2 unspecified atom stereocenters. The lowest BCUT2D eigenvalue weighted by molar-refractivity contribution is -0.150. The van der Waals surface area contributed by atoms with E-state index in [1.165, 1.54) is 19.3 Å². The Hall–Kier alpha value is -3.53. The summed E-state index contributed by atoms with van der Waals surface area (Å²) in [5.41, 5.74) is 3.92. The van der Waals surface area contributed by atoms with Gasteiger partial charge in [-0.1, -0.05) is 38.5 Å². The number of benzene rings is 2. The number of aryl methyl sites for hydroxylation is 1. The average Bonchev–Trinajstić information content (AvgIpc) is 3.01. The van der Waals surface area contributed by atoms with Gasteiger partial charge in [-0.25, -0.2) is 4.79 Å². The Morgan fingerprint density at radius 2 is 1.85 bits per heavy atom. The van der Waals surface area contributed by atoms with Crippen LogP contribution in [0.2, 0.25) is 0 Å². The van der Waals surface area contributed by atoms with Crippen LogP contribution in [0.3, 0.4) is 0 Å². The molecule has 3 aromatic rings. The highest BCUT2D eigenvalue weighted by molar-refractivity contribution is 5.88. The van der Waals surface area contributed by atoms with Crippen LogP contribution < -0.4 is 9.47 Å². The molecule has 1 fully saturated rings. The highest BCUT2D eigenvalue weighted by Crippen LogP contribution is 2.32. The lowest BCUT2D eigenvalue weighted by Gasteiger charge is -2.29. The van der Waals surface area contributed by atoms with Gasteiger partial charge in [-0.15, -0.1) is 9.60 Å². The Morgan fingerprint density at radius 1 is 1.12 bits per heavy atom. The summed E-state index contributed by atoms with van der Waals surface area (Å²) < 4.78 is 26.7. The van der Waals surface area contributed by atoms with Gasteiger partial charge in [0.1, 0.15) is 24.2 Å². The summed E-state index contributed by atoms with van der Waals surface area (Å²) in [6.45, 7) is 6.43. The molecule has 5 rings (SSSR count). The molecular formula is C32H40FN3O5. The zero-order valence-electron chi connectivity index (χ0n) is 23.8. The van der Waals surface area contributed by atoms with E-state index in [4.69, 9.17) is 14.6 Å². The number of ether oxygens (including phenoxy) is 2. The SMILES string of the molecule is CC.O=C(O)c1ccc(-c2ccc3c(c2)CCC(CN(F)C(O)COc2cccnc2CN2CCCCC2)O3)cc1. The van der Waals surface area contributed by atoms with E-state index in [2.05, 4.69) is 9.88 Å². The number of halogens is 1. The minimum Gasteiger partial charge on any atom is -0.489 e. The van der Waals surface area contributed by atoms with E-state index in [0.717, 1.165) is 35.5 Å². The molecule has 0 radical (unpaired) electrons. The fourth-order valence-corrected chi connectivity index (χ4v) is 5.12. The smallest absolute Gasteiger partial charge is 0.335 e. The number of pyridine rings is 1. The summed E-state index contributed by atoms with van der Waals surface area (Å²) in [5, 5.41) is 19.9. The Kier molecular flexibility index (Phi) is 11.1. The number of aliphatic hydroxyl groups excluding tert-OH is 1. The van der Waals surface area contributed by atoms with Crippen molar-refractivity contribution in [2.24, 2.45) is 0 Å². The van der Waals surface area contributed by atoms with Crippen molar-refractivity contribution in [3.63, 3.8) is 0 Å². The number of hydrogen-bond donors (Lipinski definition) is 2. The zero-order valence-corrected chi connectivity index (χ0v) is 23.8.